The van der Waals surface area contributed by atoms with E-state index in [0.29, 0.717) is 19.3 Å². The van der Waals surface area contributed by atoms with Crippen LogP contribution in [-0.2, 0) is 28.6 Å². The minimum Gasteiger partial charge on any atom is -0.462 e. The molecule has 0 amide bonds. The summed E-state index contributed by atoms with van der Waals surface area (Å²) in [6, 6.07) is 0. The molecule has 398 valence electrons. The zero-order chi connectivity index (χ0) is 48.9. The molecule has 0 aliphatic carbocycles. The highest BCUT2D eigenvalue weighted by Gasteiger charge is 2.19. The minimum absolute atomic E-state index is 0.0632. The number of unbranched alkanes of at least 4 members (excludes halogenated alkanes) is 38. The number of rotatable bonds is 55. The summed E-state index contributed by atoms with van der Waals surface area (Å²) in [7, 11) is 0. The van der Waals surface area contributed by atoms with Gasteiger partial charge in [-0.25, -0.2) is 0 Å². The number of esters is 3. The fourth-order valence-electron chi connectivity index (χ4n) is 9.34. The number of ether oxygens (including phenoxy) is 3. The van der Waals surface area contributed by atoms with Crippen LogP contribution < -0.4 is 0 Å². The summed E-state index contributed by atoms with van der Waals surface area (Å²) < 4.78 is 16.9. The fraction of sp³-hybridized carbons (Fsp3) is 0.951. The van der Waals surface area contributed by atoms with Crippen molar-refractivity contribution in [1.29, 1.82) is 0 Å². The molecule has 0 aromatic carbocycles. The van der Waals surface area contributed by atoms with Crippen LogP contribution in [0.4, 0.5) is 0 Å². The Labute approximate surface area is 418 Å². The third-order valence-corrected chi connectivity index (χ3v) is 14.7. The van der Waals surface area contributed by atoms with E-state index in [0.717, 1.165) is 69.6 Å². The molecule has 0 heterocycles. The Morgan fingerprint density at radius 1 is 0.299 bits per heavy atom. The molecular formula is C61H118O6. The van der Waals surface area contributed by atoms with Gasteiger partial charge in [0.15, 0.2) is 6.10 Å². The average Bonchev–Trinajstić information content (AvgIpc) is 3.33. The Balaban J connectivity index is 4.21. The van der Waals surface area contributed by atoms with Gasteiger partial charge in [0.1, 0.15) is 13.2 Å². The zero-order valence-electron chi connectivity index (χ0n) is 46.0. The molecule has 0 saturated carbocycles. The van der Waals surface area contributed by atoms with E-state index in [2.05, 4.69) is 34.6 Å². The van der Waals surface area contributed by atoms with E-state index in [1.165, 1.54) is 231 Å². The number of carbonyl (C=O) groups excluding carboxylic acids is 3. The first-order valence-electron chi connectivity index (χ1n) is 30.3. The molecule has 6 nitrogen and oxygen atoms in total. The molecule has 0 rings (SSSR count). The lowest BCUT2D eigenvalue weighted by Crippen LogP contribution is -2.30. The Bertz CT molecular complexity index is 1030. The summed E-state index contributed by atoms with van der Waals surface area (Å²) in [5, 5.41) is 0. The molecule has 0 saturated heterocycles. The van der Waals surface area contributed by atoms with Gasteiger partial charge in [0.05, 0.1) is 0 Å². The predicted octanol–water partition coefficient (Wildman–Crippen LogP) is 20.0. The first kappa shape index (κ1) is 65.4. The first-order valence-corrected chi connectivity index (χ1v) is 30.3. The molecule has 2 unspecified atom stereocenters. The smallest absolute Gasteiger partial charge is 0.306 e. The maximum absolute atomic E-state index is 12.9. The normalized spacial score (nSPS) is 12.9. The average molecular weight is 948 g/mol. The van der Waals surface area contributed by atoms with Crippen LogP contribution in [0.3, 0.4) is 0 Å². The lowest BCUT2D eigenvalue weighted by Gasteiger charge is -2.18. The van der Waals surface area contributed by atoms with Crippen LogP contribution in [0.25, 0.3) is 0 Å². The van der Waals surface area contributed by atoms with Gasteiger partial charge in [0, 0.05) is 19.3 Å². The van der Waals surface area contributed by atoms with Crippen molar-refractivity contribution in [3.8, 4) is 0 Å². The molecule has 0 bridgehead atoms. The van der Waals surface area contributed by atoms with Crippen LogP contribution in [0, 0.1) is 11.8 Å². The molecule has 0 aliphatic heterocycles. The van der Waals surface area contributed by atoms with Crippen LogP contribution in [0.5, 0.6) is 0 Å². The van der Waals surface area contributed by atoms with Crippen molar-refractivity contribution in [3.63, 3.8) is 0 Å². The third kappa shape index (κ3) is 52.1. The zero-order valence-corrected chi connectivity index (χ0v) is 46.0. The van der Waals surface area contributed by atoms with Crippen LogP contribution in [0.1, 0.15) is 343 Å². The standard InChI is InChI=1S/C61H118O6/c1-6-9-10-11-12-13-14-15-16-19-23-26-29-32-35-41-46-51-59(62)65-54-58(55-66-60(63)52-47-42-38-37-40-45-50-57(5)8-3)67-61(64)53-48-43-36-33-30-27-24-21-18-17-20-22-25-28-31-34-39-44-49-56(4)7-2/h56-58H,6-55H2,1-5H3/t56?,57?,58-/m1/s1. The van der Waals surface area contributed by atoms with Gasteiger partial charge in [-0.1, -0.05) is 304 Å². The van der Waals surface area contributed by atoms with E-state index in [4.69, 9.17) is 14.2 Å². The third-order valence-electron chi connectivity index (χ3n) is 14.7. The molecule has 0 radical (unpaired) electrons. The molecular weight excluding hydrogens is 829 g/mol. The Morgan fingerprint density at radius 2 is 0.522 bits per heavy atom. The topological polar surface area (TPSA) is 78.9 Å². The summed E-state index contributed by atoms with van der Waals surface area (Å²) in [4.78, 5) is 38.1. The van der Waals surface area contributed by atoms with Crippen molar-refractivity contribution < 1.29 is 28.6 Å². The number of carbonyl (C=O) groups is 3. The van der Waals surface area contributed by atoms with Gasteiger partial charge >= 0.3 is 17.9 Å². The maximum atomic E-state index is 12.9. The van der Waals surface area contributed by atoms with Gasteiger partial charge in [-0.05, 0) is 31.1 Å². The fourth-order valence-corrected chi connectivity index (χ4v) is 9.34. The van der Waals surface area contributed by atoms with Crippen LogP contribution >= 0.6 is 0 Å². The van der Waals surface area contributed by atoms with E-state index in [1.54, 1.807) is 0 Å². The van der Waals surface area contributed by atoms with E-state index in [-0.39, 0.29) is 31.1 Å². The minimum atomic E-state index is -0.763. The van der Waals surface area contributed by atoms with Crippen LogP contribution in [0.15, 0.2) is 0 Å². The van der Waals surface area contributed by atoms with Crippen molar-refractivity contribution >= 4 is 17.9 Å². The summed E-state index contributed by atoms with van der Waals surface area (Å²) >= 11 is 0. The van der Waals surface area contributed by atoms with E-state index in [1.807, 2.05) is 0 Å². The number of hydrogen-bond donors (Lipinski definition) is 0. The number of hydrogen-bond acceptors (Lipinski definition) is 6. The Kier molecular flexibility index (Phi) is 52.5. The summed E-state index contributed by atoms with van der Waals surface area (Å²) in [6.07, 6.45) is 58.2. The van der Waals surface area contributed by atoms with Crippen molar-refractivity contribution in [2.45, 2.75) is 349 Å². The second-order valence-corrected chi connectivity index (χ2v) is 21.5. The van der Waals surface area contributed by atoms with Crippen molar-refractivity contribution in [2.75, 3.05) is 13.2 Å². The Hall–Kier alpha value is -1.59. The second kappa shape index (κ2) is 53.8. The van der Waals surface area contributed by atoms with Crippen LogP contribution in [0.2, 0.25) is 0 Å². The van der Waals surface area contributed by atoms with E-state index >= 15 is 0 Å². The van der Waals surface area contributed by atoms with Gasteiger partial charge in [-0.3, -0.25) is 14.4 Å². The monoisotopic (exact) mass is 947 g/mol. The molecule has 0 aromatic rings. The van der Waals surface area contributed by atoms with E-state index < -0.39 is 6.10 Å². The lowest BCUT2D eigenvalue weighted by atomic mass is 9.99. The van der Waals surface area contributed by atoms with Crippen molar-refractivity contribution in [2.24, 2.45) is 11.8 Å². The largest absolute Gasteiger partial charge is 0.462 e. The highest BCUT2D eigenvalue weighted by atomic mass is 16.6. The van der Waals surface area contributed by atoms with Crippen molar-refractivity contribution in [3.05, 3.63) is 0 Å². The SMILES string of the molecule is CCCCCCCCCCCCCCCCCCCC(=O)OC[C@H](COC(=O)CCCCCCCCC(C)CC)OC(=O)CCCCCCCCCCCCCCCCCCCCC(C)CC. The van der Waals surface area contributed by atoms with Gasteiger partial charge < -0.3 is 14.2 Å². The van der Waals surface area contributed by atoms with E-state index in [9.17, 15) is 14.4 Å². The molecule has 0 fully saturated rings. The maximum Gasteiger partial charge on any atom is 0.306 e. The van der Waals surface area contributed by atoms with Gasteiger partial charge in [-0.2, -0.15) is 0 Å². The summed E-state index contributed by atoms with van der Waals surface area (Å²) in [5.74, 6) is 0.883. The molecule has 3 atom stereocenters. The predicted molar refractivity (Wildman–Crippen MR) is 289 cm³/mol. The highest BCUT2D eigenvalue weighted by molar-refractivity contribution is 5.71. The first-order chi connectivity index (χ1) is 32.8. The van der Waals surface area contributed by atoms with Crippen LogP contribution in [-0.4, -0.2) is 37.2 Å². The van der Waals surface area contributed by atoms with Crippen molar-refractivity contribution in [1.82, 2.24) is 0 Å². The molecule has 0 aromatic heterocycles. The molecule has 67 heavy (non-hydrogen) atoms. The van der Waals surface area contributed by atoms with Gasteiger partial charge in [0.2, 0.25) is 0 Å². The van der Waals surface area contributed by atoms with Gasteiger partial charge in [-0.15, -0.1) is 0 Å². The Morgan fingerprint density at radius 3 is 0.776 bits per heavy atom. The molecule has 0 spiro atoms. The van der Waals surface area contributed by atoms with Gasteiger partial charge in [0.25, 0.3) is 0 Å². The second-order valence-electron chi connectivity index (χ2n) is 21.5. The quantitative estimate of drug-likeness (QED) is 0.0343. The lowest BCUT2D eigenvalue weighted by molar-refractivity contribution is -0.167. The highest BCUT2D eigenvalue weighted by Crippen LogP contribution is 2.19. The molecule has 0 N–H and O–H groups in total. The molecule has 0 aliphatic rings. The molecule has 6 heteroatoms. The summed E-state index contributed by atoms with van der Waals surface area (Å²) in [5.41, 5.74) is 0. The summed E-state index contributed by atoms with van der Waals surface area (Å²) in [6.45, 7) is 11.4.